The Bertz CT molecular complexity index is 634. The molecule has 1 rings (SSSR count). The third-order valence-corrected chi connectivity index (χ3v) is 3.54. The predicted molar refractivity (Wildman–Crippen MR) is 79.3 cm³/mol. The molecule has 0 aliphatic rings. The van der Waals surface area contributed by atoms with E-state index in [-0.39, 0.29) is 11.0 Å². The molecular weight excluding hydrogens is 238 g/mol. The molecule has 19 heavy (non-hydrogen) atoms. The van der Waals surface area contributed by atoms with Gasteiger partial charge in [0.25, 0.3) is 0 Å². The van der Waals surface area contributed by atoms with Gasteiger partial charge in [-0.05, 0) is 25.0 Å². The molecule has 0 radical (unpaired) electrons. The van der Waals surface area contributed by atoms with E-state index in [0.717, 1.165) is 12.8 Å². The fourth-order valence-electron chi connectivity index (χ4n) is 1.76. The van der Waals surface area contributed by atoms with Crippen molar-refractivity contribution in [2.45, 2.75) is 39.0 Å². The van der Waals surface area contributed by atoms with E-state index >= 15 is 0 Å². The van der Waals surface area contributed by atoms with E-state index in [0.29, 0.717) is 16.5 Å². The van der Waals surface area contributed by atoms with Gasteiger partial charge < -0.3 is 4.42 Å². The number of allylic oxidation sites excluding steroid dienone is 2. The Morgan fingerprint density at radius 1 is 1.21 bits per heavy atom. The lowest BCUT2D eigenvalue weighted by Gasteiger charge is -2.23. The van der Waals surface area contributed by atoms with Gasteiger partial charge in [-0.3, -0.25) is 0 Å². The van der Waals surface area contributed by atoms with Crippen molar-refractivity contribution in [3.8, 4) is 0 Å². The van der Waals surface area contributed by atoms with E-state index in [4.69, 9.17) is 4.42 Å². The van der Waals surface area contributed by atoms with Crippen molar-refractivity contribution in [3.63, 3.8) is 0 Å². The monoisotopic (exact) mass is 259 g/mol. The first-order chi connectivity index (χ1) is 9.02. The number of aromatic nitrogens is 1. The average molecular weight is 259 g/mol. The van der Waals surface area contributed by atoms with Crippen LogP contribution in [0.15, 0.2) is 34.5 Å². The maximum Gasteiger partial charge on any atom is 0.346 e. The summed E-state index contributed by atoms with van der Waals surface area (Å²) in [6, 6.07) is 0. The van der Waals surface area contributed by atoms with Crippen LogP contribution in [0, 0.1) is 0 Å². The molecule has 1 aromatic heterocycles. The van der Waals surface area contributed by atoms with Crippen molar-refractivity contribution in [2.24, 2.45) is 0 Å². The fourth-order valence-corrected chi connectivity index (χ4v) is 1.76. The SMILES string of the molecule is C=C/C=c1/nc(C(C)(CC)CC)oc(=O)/c1=C/C=C. The lowest BCUT2D eigenvalue weighted by Crippen LogP contribution is -2.43. The van der Waals surface area contributed by atoms with E-state index < -0.39 is 0 Å². The Morgan fingerprint density at radius 2 is 1.79 bits per heavy atom. The van der Waals surface area contributed by atoms with Gasteiger partial charge in [0.05, 0.1) is 10.6 Å². The highest BCUT2D eigenvalue weighted by Gasteiger charge is 2.27. The van der Waals surface area contributed by atoms with E-state index in [2.05, 4.69) is 32.0 Å². The number of hydrogen-bond donors (Lipinski definition) is 0. The second-order valence-electron chi connectivity index (χ2n) is 4.68. The lowest BCUT2D eigenvalue weighted by molar-refractivity contribution is 0.295. The molecule has 3 heteroatoms. The van der Waals surface area contributed by atoms with Crippen LogP contribution >= 0.6 is 0 Å². The molecule has 0 saturated carbocycles. The first-order valence-corrected chi connectivity index (χ1v) is 6.49. The molecule has 1 heterocycles. The third kappa shape index (κ3) is 3.11. The number of hydrogen-bond acceptors (Lipinski definition) is 3. The molecule has 0 N–H and O–H groups in total. The van der Waals surface area contributed by atoms with Crippen LogP contribution in [0.1, 0.15) is 39.5 Å². The minimum atomic E-state index is -0.383. The Labute approximate surface area is 113 Å². The standard InChI is InChI=1S/C16H21NO2/c1-6-10-12-13(11-7-2)17-15(19-14(12)18)16(5,8-3)9-4/h6-7,10-11H,1-2,8-9H2,3-5H3/b12-10+,13-11+. The summed E-state index contributed by atoms with van der Waals surface area (Å²) in [5.41, 5.74) is -0.610. The van der Waals surface area contributed by atoms with Gasteiger partial charge in [0.2, 0.25) is 5.89 Å². The molecule has 0 aromatic carbocycles. The third-order valence-electron chi connectivity index (χ3n) is 3.54. The smallest absolute Gasteiger partial charge is 0.346 e. The molecule has 0 fully saturated rings. The second kappa shape index (κ2) is 6.32. The summed E-state index contributed by atoms with van der Waals surface area (Å²) in [5, 5.41) is 0.988. The molecular formula is C16H21NO2. The van der Waals surface area contributed by atoms with Crippen LogP contribution in [0.2, 0.25) is 0 Å². The van der Waals surface area contributed by atoms with Gasteiger partial charge in [0.15, 0.2) is 0 Å². The summed E-state index contributed by atoms with van der Waals surface area (Å²) in [4.78, 5) is 16.5. The maximum atomic E-state index is 12.1. The van der Waals surface area contributed by atoms with E-state index in [1.807, 2.05) is 6.92 Å². The zero-order valence-corrected chi connectivity index (χ0v) is 11.9. The van der Waals surface area contributed by atoms with E-state index in [1.165, 1.54) is 0 Å². The Balaban J connectivity index is 3.73. The number of rotatable bonds is 5. The van der Waals surface area contributed by atoms with Gasteiger partial charge in [0.1, 0.15) is 0 Å². The van der Waals surface area contributed by atoms with E-state index in [9.17, 15) is 4.79 Å². The maximum absolute atomic E-state index is 12.1. The molecule has 0 unspecified atom stereocenters. The van der Waals surface area contributed by atoms with Crippen LogP contribution < -0.4 is 16.2 Å². The molecule has 0 spiro atoms. The largest absolute Gasteiger partial charge is 0.407 e. The lowest BCUT2D eigenvalue weighted by atomic mass is 9.84. The van der Waals surface area contributed by atoms with Gasteiger partial charge in [-0.2, -0.15) is 0 Å². The van der Waals surface area contributed by atoms with Gasteiger partial charge in [0, 0.05) is 5.41 Å². The topological polar surface area (TPSA) is 43.1 Å². The molecule has 0 aliphatic heterocycles. The van der Waals surface area contributed by atoms with Crippen molar-refractivity contribution >= 4 is 12.2 Å². The minimum Gasteiger partial charge on any atom is -0.407 e. The van der Waals surface area contributed by atoms with Crippen LogP contribution in [-0.4, -0.2) is 4.98 Å². The summed E-state index contributed by atoms with van der Waals surface area (Å²) in [6.45, 7) is 13.4. The molecule has 0 amide bonds. The summed E-state index contributed by atoms with van der Waals surface area (Å²) in [7, 11) is 0. The summed E-state index contributed by atoms with van der Waals surface area (Å²) >= 11 is 0. The Hall–Kier alpha value is -1.90. The highest BCUT2D eigenvalue weighted by atomic mass is 16.4. The van der Waals surface area contributed by atoms with Crippen molar-refractivity contribution in [1.82, 2.24) is 4.98 Å². The van der Waals surface area contributed by atoms with Crippen LogP contribution in [-0.2, 0) is 5.41 Å². The molecule has 0 atom stereocenters. The zero-order valence-electron chi connectivity index (χ0n) is 11.9. The van der Waals surface area contributed by atoms with Gasteiger partial charge in [-0.1, -0.05) is 46.1 Å². The predicted octanol–water partition coefficient (Wildman–Crippen LogP) is 2.05. The highest BCUT2D eigenvalue weighted by molar-refractivity contribution is 5.39. The highest BCUT2D eigenvalue weighted by Crippen LogP contribution is 2.27. The first-order valence-electron chi connectivity index (χ1n) is 6.49. The molecule has 0 aliphatic carbocycles. The zero-order chi connectivity index (χ0) is 14.5. The van der Waals surface area contributed by atoms with Crippen LogP contribution in [0.4, 0.5) is 0 Å². The Morgan fingerprint density at radius 3 is 2.26 bits per heavy atom. The summed E-state index contributed by atoms with van der Waals surface area (Å²) < 4.78 is 5.39. The van der Waals surface area contributed by atoms with Crippen LogP contribution in [0.25, 0.3) is 12.2 Å². The van der Waals surface area contributed by atoms with Crippen LogP contribution in [0.5, 0.6) is 0 Å². The molecule has 0 saturated heterocycles. The van der Waals surface area contributed by atoms with E-state index in [1.54, 1.807) is 24.3 Å². The van der Waals surface area contributed by atoms with Gasteiger partial charge in [-0.25, -0.2) is 9.78 Å². The van der Waals surface area contributed by atoms with Crippen molar-refractivity contribution in [1.29, 1.82) is 0 Å². The van der Waals surface area contributed by atoms with Gasteiger partial charge >= 0.3 is 5.63 Å². The molecule has 0 bridgehead atoms. The number of nitrogens with zero attached hydrogens (tertiary/aromatic N) is 1. The van der Waals surface area contributed by atoms with Crippen molar-refractivity contribution < 1.29 is 4.42 Å². The molecule has 1 aromatic rings. The van der Waals surface area contributed by atoms with Crippen LogP contribution in [0.3, 0.4) is 0 Å². The molecule has 102 valence electrons. The fraction of sp³-hybridized carbons (Fsp3) is 0.375. The summed E-state index contributed by atoms with van der Waals surface area (Å²) in [5.74, 6) is 0.483. The first kappa shape index (κ1) is 15.2. The normalized spacial score (nSPS) is 13.6. The average Bonchev–Trinajstić information content (AvgIpc) is 2.41. The molecule has 3 nitrogen and oxygen atoms in total. The quantitative estimate of drug-likeness (QED) is 0.812. The minimum absolute atomic E-state index is 0.227. The van der Waals surface area contributed by atoms with Crippen molar-refractivity contribution in [2.75, 3.05) is 0 Å². The second-order valence-corrected chi connectivity index (χ2v) is 4.68. The van der Waals surface area contributed by atoms with Crippen molar-refractivity contribution in [3.05, 3.63) is 52.2 Å². The summed E-state index contributed by atoms with van der Waals surface area (Å²) in [6.07, 6.45) is 8.19. The van der Waals surface area contributed by atoms with Gasteiger partial charge in [-0.15, -0.1) is 0 Å². The Kier molecular flexibility index (Phi) is 5.04.